The molecule has 0 radical (unpaired) electrons. The van der Waals surface area contributed by atoms with Gasteiger partial charge in [-0.2, -0.15) is 0 Å². The Kier molecular flexibility index (Phi) is 5.25. The maximum Gasteiger partial charge on any atom is 0.407 e. The topological polar surface area (TPSA) is 80.6 Å². The molecule has 1 aromatic carbocycles. The number of hydrogen-bond donors (Lipinski definition) is 1. The summed E-state index contributed by atoms with van der Waals surface area (Å²) >= 11 is 0. The highest BCUT2D eigenvalue weighted by molar-refractivity contribution is 5.85. The van der Waals surface area contributed by atoms with Crippen molar-refractivity contribution >= 4 is 12.0 Å². The summed E-state index contributed by atoms with van der Waals surface area (Å²) < 4.78 is 19.1. The Morgan fingerprint density at radius 1 is 1.22 bits per heavy atom. The molecular weight excluding hydrogens is 353 g/mol. The maximum absolute atomic E-state index is 13.1. The summed E-state index contributed by atoms with van der Waals surface area (Å²) in [5.41, 5.74) is 2.06. The van der Waals surface area contributed by atoms with E-state index >= 15 is 0 Å². The molecule has 27 heavy (non-hydrogen) atoms. The molecule has 0 fully saturated rings. The number of carbonyl (C=O) groups excluding carboxylic acids is 2. The van der Waals surface area contributed by atoms with E-state index in [2.05, 4.69) is 10.1 Å². The molecule has 1 aliphatic heterocycles. The lowest BCUT2D eigenvalue weighted by Gasteiger charge is -2.31. The number of hydrogen-bond acceptors (Lipinski definition) is 4. The fraction of sp³-hybridized carbons (Fsp3) is 0.316. The van der Waals surface area contributed by atoms with Gasteiger partial charge in [-0.05, 0) is 48.7 Å². The zero-order chi connectivity index (χ0) is 19.6. The second kappa shape index (κ2) is 7.61. The van der Waals surface area contributed by atoms with Gasteiger partial charge in [0.25, 0.3) is 5.56 Å². The Labute approximate surface area is 155 Å². The van der Waals surface area contributed by atoms with Crippen LogP contribution in [-0.4, -0.2) is 41.2 Å². The predicted octanol–water partition coefficient (Wildman–Crippen LogP) is 1.61. The fourth-order valence-electron chi connectivity index (χ4n) is 3.09. The average molecular weight is 373 g/mol. The number of ether oxygens (including phenoxy) is 1. The van der Waals surface area contributed by atoms with Gasteiger partial charge < -0.3 is 15.0 Å². The Morgan fingerprint density at radius 2 is 1.93 bits per heavy atom. The van der Waals surface area contributed by atoms with E-state index in [4.69, 9.17) is 0 Å². The first-order valence-corrected chi connectivity index (χ1v) is 8.52. The summed E-state index contributed by atoms with van der Waals surface area (Å²) in [5.74, 6) is -0.612. The Morgan fingerprint density at radius 3 is 2.59 bits per heavy atom. The number of amides is 2. The van der Waals surface area contributed by atoms with Crippen LogP contribution in [-0.2, 0) is 22.5 Å². The van der Waals surface area contributed by atoms with Crippen molar-refractivity contribution in [3.63, 3.8) is 0 Å². The molecule has 0 spiro atoms. The smallest absolute Gasteiger partial charge is 0.407 e. The van der Waals surface area contributed by atoms with Gasteiger partial charge >= 0.3 is 6.09 Å². The largest absolute Gasteiger partial charge is 0.453 e. The molecule has 2 amide bonds. The van der Waals surface area contributed by atoms with Crippen LogP contribution in [0.2, 0.25) is 0 Å². The molecule has 1 aliphatic rings. The van der Waals surface area contributed by atoms with Crippen molar-refractivity contribution in [1.82, 2.24) is 14.8 Å². The molecule has 0 saturated heterocycles. The summed E-state index contributed by atoms with van der Waals surface area (Å²) in [6, 6.07) is 6.46. The molecule has 1 N–H and O–H groups in total. The third-order valence-corrected chi connectivity index (χ3v) is 4.55. The van der Waals surface area contributed by atoms with Crippen LogP contribution in [0.4, 0.5) is 9.18 Å². The van der Waals surface area contributed by atoms with Gasteiger partial charge in [0.15, 0.2) is 0 Å². The number of pyridine rings is 1. The summed E-state index contributed by atoms with van der Waals surface area (Å²) in [6.45, 7) is 2.37. The van der Waals surface area contributed by atoms with E-state index in [1.807, 2.05) is 0 Å². The first kappa shape index (κ1) is 18.6. The lowest BCUT2D eigenvalue weighted by atomic mass is 10.0. The van der Waals surface area contributed by atoms with Crippen LogP contribution in [0.1, 0.15) is 18.1 Å². The predicted molar refractivity (Wildman–Crippen MR) is 96.1 cm³/mol. The molecule has 142 valence electrons. The van der Waals surface area contributed by atoms with Crippen molar-refractivity contribution in [2.75, 3.05) is 13.7 Å². The number of aromatic nitrogens is 1. The highest BCUT2D eigenvalue weighted by Gasteiger charge is 2.26. The number of fused-ring (bicyclic) bond motifs is 1. The van der Waals surface area contributed by atoms with Gasteiger partial charge in [0.05, 0.1) is 7.11 Å². The van der Waals surface area contributed by atoms with Crippen LogP contribution in [0, 0.1) is 5.82 Å². The molecule has 0 bridgehead atoms. The van der Waals surface area contributed by atoms with E-state index in [1.54, 1.807) is 24.1 Å². The molecule has 3 rings (SSSR count). The Bertz CT molecular complexity index is 924. The molecule has 1 aromatic heterocycles. The fourth-order valence-corrected chi connectivity index (χ4v) is 3.09. The van der Waals surface area contributed by atoms with Gasteiger partial charge in [-0.3, -0.25) is 14.2 Å². The second-order valence-corrected chi connectivity index (χ2v) is 6.38. The zero-order valence-corrected chi connectivity index (χ0v) is 15.1. The van der Waals surface area contributed by atoms with E-state index in [-0.39, 0.29) is 17.3 Å². The first-order chi connectivity index (χ1) is 12.9. The van der Waals surface area contributed by atoms with Crippen LogP contribution in [0.5, 0.6) is 0 Å². The normalized spacial score (nSPS) is 14.3. The molecular formula is C19H20FN3O4. The zero-order valence-electron chi connectivity index (χ0n) is 15.1. The van der Waals surface area contributed by atoms with Crippen LogP contribution in [0.25, 0.3) is 5.69 Å². The van der Waals surface area contributed by atoms with Crippen molar-refractivity contribution < 1.29 is 18.7 Å². The number of carbonyl (C=O) groups is 2. The number of halogens is 1. The first-order valence-electron chi connectivity index (χ1n) is 8.52. The van der Waals surface area contributed by atoms with Crippen molar-refractivity contribution in [3.05, 3.63) is 63.8 Å². The van der Waals surface area contributed by atoms with E-state index in [9.17, 15) is 18.8 Å². The van der Waals surface area contributed by atoms with Gasteiger partial charge in [-0.1, -0.05) is 0 Å². The van der Waals surface area contributed by atoms with E-state index < -0.39 is 12.1 Å². The van der Waals surface area contributed by atoms with Gasteiger partial charge in [0.2, 0.25) is 5.91 Å². The summed E-state index contributed by atoms with van der Waals surface area (Å²) in [4.78, 5) is 37.9. The molecule has 2 aromatic rings. The highest BCUT2D eigenvalue weighted by atomic mass is 19.1. The highest BCUT2D eigenvalue weighted by Crippen LogP contribution is 2.19. The van der Waals surface area contributed by atoms with Crippen molar-refractivity contribution in [2.45, 2.75) is 25.9 Å². The van der Waals surface area contributed by atoms with Crippen LogP contribution < -0.4 is 10.9 Å². The molecule has 1 unspecified atom stereocenters. The standard InChI is InChI=1S/C19H20FN3O4/c1-12(21-19(26)27-2)18(25)22-8-7-13-9-17(24)23(11-14(13)10-22)16-5-3-15(20)4-6-16/h3-6,9,11-12H,7-8,10H2,1-2H3,(H,21,26). The average Bonchev–Trinajstić information content (AvgIpc) is 2.67. The second-order valence-electron chi connectivity index (χ2n) is 6.38. The van der Waals surface area contributed by atoms with Gasteiger partial charge in [-0.15, -0.1) is 0 Å². The SMILES string of the molecule is COC(=O)NC(C)C(=O)N1CCc2cc(=O)n(-c3ccc(F)cc3)cc2C1. The molecule has 8 heteroatoms. The number of nitrogens with one attached hydrogen (secondary N) is 1. The van der Waals surface area contributed by atoms with Crippen LogP contribution in [0.15, 0.2) is 41.3 Å². The van der Waals surface area contributed by atoms with Gasteiger partial charge in [0.1, 0.15) is 11.9 Å². The van der Waals surface area contributed by atoms with Crippen LogP contribution >= 0.6 is 0 Å². The third kappa shape index (κ3) is 3.99. The minimum atomic E-state index is -0.720. The number of benzene rings is 1. The summed E-state index contributed by atoms with van der Waals surface area (Å²) in [6.07, 6.45) is 1.56. The molecule has 0 saturated carbocycles. The number of methoxy groups -OCH3 is 1. The van der Waals surface area contributed by atoms with E-state index in [0.29, 0.717) is 25.2 Å². The molecule has 2 heterocycles. The number of nitrogens with zero attached hydrogens (tertiary/aromatic N) is 2. The van der Waals surface area contributed by atoms with Gasteiger partial charge in [0, 0.05) is 31.0 Å². The van der Waals surface area contributed by atoms with Crippen LogP contribution in [0.3, 0.4) is 0 Å². The lowest BCUT2D eigenvalue weighted by Crippen LogP contribution is -2.48. The van der Waals surface area contributed by atoms with Crippen molar-refractivity contribution in [3.8, 4) is 5.69 Å². The monoisotopic (exact) mass is 373 g/mol. The third-order valence-electron chi connectivity index (χ3n) is 4.55. The van der Waals surface area contributed by atoms with Crippen molar-refractivity contribution in [1.29, 1.82) is 0 Å². The molecule has 7 nitrogen and oxygen atoms in total. The van der Waals surface area contributed by atoms with Crippen molar-refractivity contribution in [2.24, 2.45) is 0 Å². The lowest BCUT2D eigenvalue weighted by molar-refractivity contribution is -0.133. The molecule has 1 atom stereocenters. The number of rotatable bonds is 3. The number of alkyl carbamates (subject to hydrolysis) is 1. The molecule has 0 aliphatic carbocycles. The maximum atomic E-state index is 13.1. The quantitative estimate of drug-likeness (QED) is 0.886. The Hall–Kier alpha value is -3.16. The minimum Gasteiger partial charge on any atom is -0.453 e. The summed E-state index contributed by atoms with van der Waals surface area (Å²) in [5, 5.41) is 2.46. The van der Waals surface area contributed by atoms with E-state index in [1.165, 1.54) is 35.9 Å². The Balaban J connectivity index is 1.83. The minimum absolute atomic E-state index is 0.208. The summed E-state index contributed by atoms with van der Waals surface area (Å²) in [7, 11) is 1.23. The van der Waals surface area contributed by atoms with Gasteiger partial charge in [-0.25, -0.2) is 9.18 Å². The van der Waals surface area contributed by atoms with E-state index in [0.717, 1.165) is 11.1 Å².